The number of phenolic OH excluding ortho intramolecular Hbond substituents is 1. The topological polar surface area (TPSA) is 108 Å². The van der Waals surface area contributed by atoms with Crippen LogP contribution in [0.3, 0.4) is 0 Å². The maximum atomic E-state index is 12.8. The molecule has 0 radical (unpaired) electrons. The van der Waals surface area contributed by atoms with Crippen LogP contribution in [0.25, 0.3) is 0 Å². The number of aromatic amines is 1. The number of Topliss-reactive ketones (excluding diaryl/α,β-unsaturated/α-hetero) is 1. The average Bonchev–Trinajstić information content (AvgIpc) is 2.74. The largest absolute Gasteiger partial charge is 0.508 e. The SMILES string of the molecule is COc1ccc([C@@H]2CC(=O)c3cc(C(=O)Nc4ccc(O)cc4)c(=O)[nH]c3C2)cc1. The molecule has 1 atom stereocenters. The first-order chi connectivity index (χ1) is 14.4. The molecule has 2 aromatic carbocycles. The predicted molar refractivity (Wildman–Crippen MR) is 112 cm³/mol. The Morgan fingerprint density at radius 2 is 1.77 bits per heavy atom. The second-order valence-electron chi connectivity index (χ2n) is 7.21. The summed E-state index contributed by atoms with van der Waals surface area (Å²) < 4.78 is 5.17. The normalized spacial score (nSPS) is 15.4. The van der Waals surface area contributed by atoms with Crippen molar-refractivity contribution >= 4 is 17.4 Å². The summed E-state index contributed by atoms with van der Waals surface area (Å²) in [6.07, 6.45) is 0.799. The van der Waals surface area contributed by atoms with Crippen molar-refractivity contribution in [2.45, 2.75) is 18.8 Å². The molecule has 0 bridgehead atoms. The summed E-state index contributed by atoms with van der Waals surface area (Å²) in [6.45, 7) is 0. The lowest BCUT2D eigenvalue weighted by Crippen LogP contribution is -2.29. The van der Waals surface area contributed by atoms with Crippen molar-refractivity contribution in [1.29, 1.82) is 0 Å². The summed E-state index contributed by atoms with van der Waals surface area (Å²) in [4.78, 5) is 40.6. The molecule has 0 unspecified atom stereocenters. The van der Waals surface area contributed by atoms with Crippen molar-refractivity contribution in [2.75, 3.05) is 12.4 Å². The first kappa shape index (κ1) is 19.4. The lowest BCUT2D eigenvalue weighted by molar-refractivity contribution is 0.0963. The van der Waals surface area contributed by atoms with E-state index in [2.05, 4.69) is 10.3 Å². The molecular formula is C23H20N2O5. The van der Waals surface area contributed by atoms with Gasteiger partial charge < -0.3 is 20.1 Å². The number of rotatable bonds is 4. The number of carbonyl (C=O) groups excluding carboxylic acids is 2. The van der Waals surface area contributed by atoms with Gasteiger partial charge in [0.15, 0.2) is 5.78 Å². The number of hydrogen-bond acceptors (Lipinski definition) is 5. The van der Waals surface area contributed by atoms with Crippen LogP contribution in [0.5, 0.6) is 11.5 Å². The monoisotopic (exact) mass is 404 g/mol. The van der Waals surface area contributed by atoms with Gasteiger partial charge in [0.1, 0.15) is 17.1 Å². The zero-order valence-corrected chi connectivity index (χ0v) is 16.3. The van der Waals surface area contributed by atoms with Crippen LogP contribution >= 0.6 is 0 Å². The summed E-state index contributed by atoms with van der Waals surface area (Å²) in [5, 5.41) is 11.9. The lowest BCUT2D eigenvalue weighted by atomic mass is 9.81. The zero-order valence-electron chi connectivity index (χ0n) is 16.3. The minimum Gasteiger partial charge on any atom is -0.508 e. The van der Waals surface area contributed by atoms with Gasteiger partial charge in [-0.1, -0.05) is 12.1 Å². The molecule has 152 valence electrons. The van der Waals surface area contributed by atoms with Crippen molar-refractivity contribution in [1.82, 2.24) is 4.98 Å². The number of nitrogens with one attached hydrogen (secondary N) is 2. The molecule has 0 aliphatic heterocycles. The molecule has 3 N–H and O–H groups in total. The van der Waals surface area contributed by atoms with E-state index in [1.165, 1.54) is 30.3 Å². The van der Waals surface area contributed by atoms with Crippen molar-refractivity contribution in [3.8, 4) is 11.5 Å². The fraction of sp³-hybridized carbons (Fsp3) is 0.174. The molecule has 0 saturated heterocycles. The molecule has 1 amide bonds. The van der Waals surface area contributed by atoms with E-state index < -0.39 is 11.5 Å². The molecule has 1 aromatic heterocycles. The second kappa shape index (κ2) is 7.87. The summed E-state index contributed by atoms with van der Waals surface area (Å²) in [7, 11) is 1.59. The number of carbonyl (C=O) groups is 2. The Morgan fingerprint density at radius 3 is 2.43 bits per heavy atom. The quantitative estimate of drug-likeness (QED) is 0.579. The van der Waals surface area contributed by atoms with Gasteiger partial charge in [0.05, 0.1) is 7.11 Å². The molecule has 0 fully saturated rings. The maximum Gasteiger partial charge on any atom is 0.261 e. The van der Waals surface area contributed by atoms with E-state index in [0.29, 0.717) is 29.8 Å². The number of pyridine rings is 1. The van der Waals surface area contributed by atoms with Gasteiger partial charge in [-0.3, -0.25) is 14.4 Å². The number of aromatic hydroxyl groups is 1. The van der Waals surface area contributed by atoms with Gasteiger partial charge in [0, 0.05) is 23.4 Å². The second-order valence-corrected chi connectivity index (χ2v) is 7.21. The van der Waals surface area contributed by atoms with Crippen LogP contribution in [0.4, 0.5) is 5.69 Å². The maximum absolute atomic E-state index is 12.8. The number of ether oxygens (including phenoxy) is 1. The molecule has 1 aliphatic rings. The van der Waals surface area contributed by atoms with Gasteiger partial charge >= 0.3 is 0 Å². The minimum absolute atomic E-state index is 0.0526. The summed E-state index contributed by atoms with van der Waals surface area (Å²) in [6, 6.07) is 14.8. The lowest BCUT2D eigenvalue weighted by Gasteiger charge is -2.24. The van der Waals surface area contributed by atoms with Gasteiger partial charge in [-0.15, -0.1) is 0 Å². The van der Waals surface area contributed by atoms with Crippen LogP contribution in [-0.4, -0.2) is 28.9 Å². The Morgan fingerprint density at radius 1 is 1.07 bits per heavy atom. The third-order valence-corrected chi connectivity index (χ3v) is 5.26. The summed E-state index contributed by atoms with van der Waals surface area (Å²) >= 11 is 0. The number of anilines is 1. The number of aromatic nitrogens is 1. The highest BCUT2D eigenvalue weighted by Crippen LogP contribution is 2.32. The van der Waals surface area contributed by atoms with Gasteiger partial charge in [-0.25, -0.2) is 0 Å². The zero-order chi connectivity index (χ0) is 21.3. The first-order valence-corrected chi connectivity index (χ1v) is 9.48. The molecule has 30 heavy (non-hydrogen) atoms. The number of hydrogen-bond donors (Lipinski definition) is 3. The number of benzene rings is 2. The van der Waals surface area contributed by atoms with Gasteiger partial charge in [0.25, 0.3) is 11.5 Å². The third kappa shape index (κ3) is 3.82. The fourth-order valence-corrected chi connectivity index (χ4v) is 3.65. The van der Waals surface area contributed by atoms with Crippen LogP contribution in [0.1, 0.15) is 44.3 Å². The highest BCUT2D eigenvalue weighted by molar-refractivity contribution is 6.06. The van der Waals surface area contributed by atoms with Gasteiger partial charge in [0.2, 0.25) is 0 Å². The molecule has 7 nitrogen and oxygen atoms in total. The summed E-state index contributed by atoms with van der Waals surface area (Å²) in [5.41, 5.74) is 1.66. The Bertz CT molecular complexity index is 1160. The number of H-pyrrole nitrogens is 1. The smallest absolute Gasteiger partial charge is 0.261 e. The van der Waals surface area contributed by atoms with Crippen molar-refractivity contribution in [3.63, 3.8) is 0 Å². The number of phenols is 1. The van der Waals surface area contributed by atoms with Gasteiger partial charge in [-0.05, 0) is 60.4 Å². The molecule has 3 aromatic rings. The van der Waals surface area contributed by atoms with Crippen LogP contribution in [0.15, 0.2) is 59.4 Å². The van der Waals surface area contributed by atoms with E-state index in [1.807, 2.05) is 24.3 Å². The van der Waals surface area contributed by atoms with Crippen molar-refractivity contribution in [2.24, 2.45) is 0 Å². The van der Waals surface area contributed by atoms with Gasteiger partial charge in [-0.2, -0.15) is 0 Å². The molecule has 1 heterocycles. The van der Waals surface area contributed by atoms with Crippen molar-refractivity contribution < 1.29 is 19.4 Å². The van der Waals surface area contributed by atoms with Crippen LogP contribution in [0.2, 0.25) is 0 Å². The van der Waals surface area contributed by atoms with E-state index in [9.17, 15) is 19.5 Å². The average molecular weight is 404 g/mol. The number of methoxy groups -OCH3 is 1. The van der Waals surface area contributed by atoms with E-state index in [0.717, 1.165) is 11.3 Å². The molecule has 4 rings (SSSR count). The fourth-order valence-electron chi connectivity index (χ4n) is 3.65. The molecule has 0 spiro atoms. The Balaban J connectivity index is 1.59. The highest BCUT2D eigenvalue weighted by atomic mass is 16.5. The Kier molecular flexibility index (Phi) is 5.10. The van der Waals surface area contributed by atoms with E-state index in [4.69, 9.17) is 4.74 Å². The van der Waals surface area contributed by atoms with E-state index in [-0.39, 0.29) is 23.0 Å². The first-order valence-electron chi connectivity index (χ1n) is 9.48. The molecule has 0 saturated carbocycles. The predicted octanol–water partition coefficient (Wildman–Crippen LogP) is 3.25. The Hall–Kier alpha value is -3.87. The molecular weight excluding hydrogens is 384 g/mol. The standard InChI is InChI=1S/C23H20N2O5/c1-30-17-8-2-13(3-9-17)14-10-20-18(21(27)11-14)12-19(23(29)25-20)22(28)24-15-4-6-16(26)7-5-15/h2-9,12,14,26H,10-11H2,1H3,(H,24,28)(H,25,29)/t14-/m0/s1. The molecule has 1 aliphatic carbocycles. The highest BCUT2D eigenvalue weighted by Gasteiger charge is 2.29. The van der Waals surface area contributed by atoms with Crippen LogP contribution in [-0.2, 0) is 6.42 Å². The van der Waals surface area contributed by atoms with E-state index in [1.54, 1.807) is 7.11 Å². The van der Waals surface area contributed by atoms with Crippen molar-refractivity contribution in [3.05, 3.63) is 87.3 Å². The van der Waals surface area contributed by atoms with Crippen LogP contribution in [0, 0.1) is 0 Å². The summed E-state index contributed by atoms with van der Waals surface area (Å²) in [5.74, 6) is 0.0145. The minimum atomic E-state index is -0.616. The van der Waals surface area contributed by atoms with Crippen LogP contribution < -0.4 is 15.6 Å². The number of fused-ring (bicyclic) bond motifs is 1. The number of ketones is 1. The van der Waals surface area contributed by atoms with E-state index >= 15 is 0 Å². The molecule has 7 heteroatoms. The Labute approximate surface area is 172 Å². The number of amides is 1. The third-order valence-electron chi connectivity index (χ3n) is 5.26.